The lowest BCUT2D eigenvalue weighted by molar-refractivity contribution is -0.166. The molecule has 0 saturated heterocycles. The van der Waals surface area contributed by atoms with Gasteiger partial charge in [0.25, 0.3) is 0 Å². The zero-order chi connectivity index (χ0) is 6.91. The van der Waals surface area contributed by atoms with Crippen LogP contribution in [0.25, 0.3) is 0 Å². The standard InChI is InChI=1S/C6H10O3/c7-5-1-3-6(8,9)4-2-5/h1,7-9H,2-4H2. The van der Waals surface area contributed by atoms with Crippen LogP contribution in [-0.2, 0) is 0 Å². The summed E-state index contributed by atoms with van der Waals surface area (Å²) < 4.78 is 0. The molecule has 1 aliphatic rings. The second kappa shape index (κ2) is 2.01. The highest BCUT2D eigenvalue weighted by Gasteiger charge is 2.25. The van der Waals surface area contributed by atoms with Crippen molar-refractivity contribution in [2.24, 2.45) is 0 Å². The monoisotopic (exact) mass is 130 g/mol. The van der Waals surface area contributed by atoms with Gasteiger partial charge >= 0.3 is 0 Å². The number of rotatable bonds is 0. The molecule has 0 fully saturated rings. The molecule has 0 radical (unpaired) electrons. The normalized spacial score (nSPS) is 25.3. The minimum Gasteiger partial charge on any atom is -0.513 e. The van der Waals surface area contributed by atoms with Gasteiger partial charge in [0.2, 0.25) is 0 Å². The molecule has 9 heavy (non-hydrogen) atoms. The first-order chi connectivity index (χ1) is 4.10. The van der Waals surface area contributed by atoms with E-state index in [2.05, 4.69) is 0 Å². The fraction of sp³-hybridized carbons (Fsp3) is 0.667. The maximum atomic E-state index is 8.89. The molecule has 0 heterocycles. The van der Waals surface area contributed by atoms with Gasteiger partial charge < -0.3 is 15.3 Å². The molecular formula is C6H10O3. The van der Waals surface area contributed by atoms with Crippen LogP contribution in [0.4, 0.5) is 0 Å². The van der Waals surface area contributed by atoms with Crippen molar-refractivity contribution in [2.75, 3.05) is 0 Å². The van der Waals surface area contributed by atoms with Crippen molar-refractivity contribution < 1.29 is 15.3 Å². The predicted octanol–water partition coefficient (Wildman–Crippen LogP) is 0.293. The quantitative estimate of drug-likeness (QED) is 0.413. The van der Waals surface area contributed by atoms with Crippen molar-refractivity contribution in [3.05, 3.63) is 11.8 Å². The zero-order valence-corrected chi connectivity index (χ0v) is 5.04. The first-order valence-corrected chi connectivity index (χ1v) is 2.93. The summed E-state index contributed by atoms with van der Waals surface area (Å²) in [7, 11) is 0. The van der Waals surface area contributed by atoms with Crippen molar-refractivity contribution in [3.8, 4) is 0 Å². The molecule has 3 heteroatoms. The summed E-state index contributed by atoms with van der Waals surface area (Å²) >= 11 is 0. The first-order valence-electron chi connectivity index (χ1n) is 2.93. The van der Waals surface area contributed by atoms with Gasteiger partial charge in [-0.05, 0) is 6.08 Å². The summed E-state index contributed by atoms with van der Waals surface area (Å²) in [6.07, 6.45) is 2.17. The van der Waals surface area contributed by atoms with Crippen molar-refractivity contribution in [1.82, 2.24) is 0 Å². The number of hydrogen-bond acceptors (Lipinski definition) is 3. The number of allylic oxidation sites excluding steroid dienone is 1. The van der Waals surface area contributed by atoms with Crippen LogP contribution in [-0.4, -0.2) is 21.1 Å². The third-order valence-electron chi connectivity index (χ3n) is 1.45. The van der Waals surface area contributed by atoms with Gasteiger partial charge in [-0.2, -0.15) is 0 Å². The molecule has 1 rings (SSSR count). The molecule has 0 aromatic heterocycles. The lowest BCUT2D eigenvalue weighted by Crippen LogP contribution is -2.29. The van der Waals surface area contributed by atoms with Crippen molar-refractivity contribution >= 4 is 0 Å². The van der Waals surface area contributed by atoms with Crippen LogP contribution in [0, 0.1) is 0 Å². The van der Waals surface area contributed by atoms with E-state index in [1.54, 1.807) is 0 Å². The number of hydrogen-bond donors (Lipinski definition) is 3. The Bertz CT molecular complexity index is 137. The molecule has 1 aliphatic carbocycles. The van der Waals surface area contributed by atoms with Gasteiger partial charge in [-0.1, -0.05) is 0 Å². The van der Waals surface area contributed by atoms with Gasteiger partial charge in [-0.15, -0.1) is 0 Å². The Kier molecular flexibility index (Phi) is 1.47. The molecule has 0 spiro atoms. The van der Waals surface area contributed by atoms with E-state index < -0.39 is 5.79 Å². The third-order valence-corrected chi connectivity index (χ3v) is 1.45. The highest BCUT2D eigenvalue weighted by molar-refractivity contribution is 4.99. The molecule has 0 bridgehead atoms. The Hall–Kier alpha value is -0.540. The number of aliphatic hydroxyl groups excluding tert-OH is 1. The van der Waals surface area contributed by atoms with Crippen molar-refractivity contribution in [3.63, 3.8) is 0 Å². The van der Waals surface area contributed by atoms with Crippen LogP contribution >= 0.6 is 0 Å². The average molecular weight is 130 g/mol. The smallest absolute Gasteiger partial charge is 0.166 e. The predicted molar refractivity (Wildman–Crippen MR) is 31.7 cm³/mol. The molecule has 3 nitrogen and oxygen atoms in total. The minimum absolute atomic E-state index is 0.138. The summed E-state index contributed by atoms with van der Waals surface area (Å²) in [6.45, 7) is 0. The molecule has 0 aliphatic heterocycles. The largest absolute Gasteiger partial charge is 0.513 e. The fourth-order valence-electron chi connectivity index (χ4n) is 0.814. The Labute approximate surface area is 53.3 Å². The van der Waals surface area contributed by atoms with Crippen LogP contribution in [0.3, 0.4) is 0 Å². The first kappa shape index (κ1) is 6.58. The summed E-state index contributed by atoms with van der Waals surface area (Å²) in [4.78, 5) is 0. The SMILES string of the molecule is OC1=CCC(O)(O)CC1. The van der Waals surface area contributed by atoms with Gasteiger partial charge in [0.15, 0.2) is 5.79 Å². The maximum Gasteiger partial charge on any atom is 0.166 e. The summed E-state index contributed by atoms with van der Waals surface area (Å²) in [5.41, 5.74) is 0. The van der Waals surface area contributed by atoms with Gasteiger partial charge in [0.1, 0.15) is 0 Å². The van der Waals surface area contributed by atoms with Crippen LogP contribution in [0.1, 0.15) is 19.3 Å². The highest BCUT2D eigenvalue weighted by atomic mass is 16.5. The Morgan fingerprint density at radius 2 is 2.11 bits per heavy atom. The molecule has 0 aromatic rings. The van der Waals surface area contributed by atoms with Crippen molar-refractivity contribution in [1.29, 1.82) is 0 Å². The van der Waals surface area contributed by atoms with Gasteiger partial charge in [-0.3, -0.25) is 0 Å². The fourth-order valence-corrected chi connectivity index (χ4v) is 0.814. The second-order valence-corrected chi connectivity index (χ2v) is 2.38. The number of aliphatic hydroxyl groups is 3. The van der Waals surface area contributed by atoms with Gasteiger partial charge in [0, 0.05) is 19.3 Å². The molecule has 0 atom stereocenters. The molecule has 52 valence electrons. The maximum absolute atomic E-state index is 8.89. The summed E-state index contributed by atoms with van der Waals surface area (Å²) in [5, 5.41) is 26.6. The summed E-state index contributed by atoms with van der Waals surface area (Å²) in [5.74, 6) is -1.32. The Morgan fingerprint density at radius 1 is 1.44 bits per heavy atom. The summed E-state index contributed by atoms with van der Waals surface area (Å²) in [6, 6.07) is 0. The topological polar surface area (TPSA) is 60.7 Å². The molecule has 0 aromatic carbocycles. The lowest BCUT2D eigenvalue weighted by Gasteiger charge is -2.23. The third kappa shape index (κ3) is 1.69. The van der Waals surface area contributed by atoms with E-state index in [1.165, 1.54) is 6.08 Å². The van der Waals surface area contributed by atoms with Crippen LogP contribution in [0.5, 0.6) is 0 Å². The molecule has 0 saturated carbocycles. The minimum atomic E-state index is -1.58. The van der Waals surface area contributed by atoms with Crippen LogP contribution in [0.2, 0.25) is 0 Å². The van der Waals surface area contributed by atoms with E-state index in [0.29, 0.717) is 6.42 Å². The van der Waals surface area contributed by atoms with Crippen molar-refractivity contribution in [2.45, 2.75) is 25.0 Å². The molecule has 3 N–H and O–H groups in total. The zero-order valence-electron chi connectivity index (χ0n) is 5.04. The van der Waals surface area contributed by atoms with E-state index in [0.717, 1.165) is 0 Å². The van der Waals surface area contributed by atoms with E-state index in [-0.39, 0.29) is 18.6 Å². The Morgan fingerprint density at radius 3 is 2.44 bits per heavy atom. The van der Waals surface area contributed by atoms with Gasteiger partial charge in [-0.25, -0.2) is 0 Å². The average Bonchev–Trinajstić information content (AvgIpc) is 1.78. The second-order valence-electron chi connectivity index (χ2n) is 2.38. The van der Waals surface area contributed by atoms with E-state index >= 15 is 0 Å². The molecule has 0 amide bonds. The molecular weight excluding hydrogens is 120 g/mol. The Balaban J connectivity index is 2.56. The van der Waals surface area contributed by atoms with E-state index in [4.69, 9.17) is 15.3 Å². The lowest BCUT2D eigenvalue weighted by atomic mass is 10.00. The highest BCUT2D eigenvalue weighted by Crippen LogP contribution is 2.22. The molecule has 0 unspecified atom stereocenters. The van der Waals surface area contributed by atoms with Crippen LogP contribution < -0.4 is 0 Å². The van der Waals surface area contributed by atoms with Gasteiger partial charge in [0.05, 0.1) is 5.76 Å². The van der Waals surface area contributed by atoms with E-state index in [1.807, 2.05) is 0 Å². The van der Waals surface area contributed by atoms with Crippen LogP contribution in [0.15, 0.2) is 11.8 Å². The van der Waals surface area contributed by atoms with E-state index in [9.17, 15) is 0 Å².